The number of fused-ring (bicyclic) bond motifs is 5. The molecule has 0 spiro atoms. The van der Waals surface area contributed by atoms with E-state index in [4.69, 9.17) is 5.11 Å². The summed E-state index contributed by atoms with van der Waals surface area (Å²) in [6, 6.07) is 5.96. The van der Waals surface area contributed by atoms with Crippen molar-refractivity contribution in [3.05, 3.63) is 29.3 Å². The third-order valence-corrected chi connectivity index (χ3v) is 7.65. The number of aliphatic hydroxyl groups is 1. The number of carboxylic acid groups (broad SMARTS) is 1. The number of phenolic OH excluding ortho intramolecular Hbond substituents is 1. The third-order valence-electron chi connectivity index (χ3n) is 7.65. The van der Waals surface area contributed by atoms with Gasteiger partial charge in [-0.15, -0.1) is 0 Å². The molecule has 3 aliphatic carbocycles. The first-order valence-corrected chi connectivity index (χ1v) is 11.1. The van der Waals surface area contributed by atoms with Gasteiger partial charge in [0, 0.05) is 6.42 Å². The number of aliphatic hydroxyl groups excluding tert-OH is 1. The average molecular weight is 389 g/mol. The lowest BCUT2D eigenvalue weighted by molar-refractivity contribution is -0.137. The molecule has 4 heteroatoms. The van der Waals surface area contributed by atoms with E-state index >= 15 is 0 Å². The summed E-state index contributed by atoms with van der Waals surface area (Å²) < 4.78 is 0. The molecule has 0 aromatic heterocycles. The standard InChI is InChI=1S/C18H24O2.C6H12O2/c1-18-9-8-14-13-5-3-12(19)10-11(13)2-4-15(14)16(18)6-7-17(18)20;1-2-3-4-5-6(7)8/h3,5,10,14-17,19-20H,2,4,6-9H2,1H3;2-5H2,1H3,(H,7,8)/t14-,15-,16+,17+,18+;/m1./s1. The zero-order valence-electron chi connectivity index (χ0n) is 17.4. The van der Waals surface area contributed by atoms with Crippen LogP contribution in [0.2, 0.25) is 0 Å². The minimum Gasteiger partial charge on any atom is -0.508 e. The number of hydrogen-bond acceptors (Lipinski definition) is 3. The minimum absolute atomic E-state index is 0.0883. The SMILES string of the molecule is CCCCCC(=O)O.C[C@]12CC[C@@H]3c4ccc(O)cc4CC[C@H]3[C@@H]1CC[C@@H]2O. The van der Waals surface area contributed by atoms with Gasteiger partial charge in [0.05, 0.1) is 6.10 Å². The maximum absolute atomic E-state index is 10.4. The largest absolute Gasteiger partial charge is 0.508 e. The first kappa shape index (κ1) is 21.2. The molecule has 0 heterocycles. The van der Waals surface area contributed by atoms with Crippen LogP contribution in [0.5, 0.6) is 5.75 Å². The molecule has 1 aromatic rings. The van der Waals surface area contributed by atoms with Gasteiger partial charge < -0.3 is 15.3 Å². The Labute approximate surface area is 169 Å². The van der Waals surface area contributed by atoms with Crippen molar-refractivity contribution in [3.63, 3.8) is 0 Å². The summed E-state index contributed by atoms with van der Waals surface area (Å²) in [5.74, 6) is 1.81. The van der Waals surface area contributed by atoms with Crippen molar-refractivity contribution in [2.75, 3.05) is 0 Å². The number of aromatic hydroxyl groups is 1. The third kappa shape index (κ3) is 4.22. The van der Waals surface area contributed by atoms with E-state index in [-0.39, 0.29) is 11.5 Å². The Bertz CT molecular complexity index is 685. The van der Waals surface area contributed by atoms with E-state index in [0.29, 0.717) is 24.0 Å². The van der Waals surface area contributed by atoms with Crippen molar-refractivity contribution in [1.82, 2.24) is 0 Å². The Balaban J connectivity index is 0.000000242. The van der Waals surface area contributed by atoms with E-state index in [0.717, 1.165) is 44.4 Å². The summed E-state index contributed by atoms with van der Waals surface area (Å²) in [7, 11) is 0. The number of hydrogen-bond donors (Lipinski definition) is 3. The lowest BCUT2D eigenvalue weighted by Gasteiger charge is -2.50. The second-order valence-corrected chi connectivity index (χ2v) is 9.29. The van der Waals surface area contributed by atoms with Crippen LogP contribution in [0.3, 0.4) is 0 Å². The number of unbranched alkanes of at least 4 members (excludes halogenated alkanes) is 2. The molecule has 2 fully saturated rings. The van der Waals surface area contributed by atoms with Gasteiger partial charge in [-0.2, -0.15) is 0 Å². The van der Waals surface area contributed by atoms with Gasteiger partial charge in [0.2, 0.25) is 0 Å². The van der Waals surface area contributed by atoms with Gasteiger partial charge in [0.25, 0.3) is 0 Å². The highest BCUT2D eigenvalue weighted by atomic mass is 16.4. The predicted molar refractivity (Wildman–Crippen MR) is 111 cm³/mol. The number of rotatable bonds is 4. The first-order chi connectivity index (χ1) is 13.4. The summed E-state index contributed by atoms with van der Waals surface area (Å²) in [4.78, 5) is 9.87. The summed E-state index contributed by atoms with van der Waals surface area (Å²) >= 11 is 0. The second-order valence-electron chi connectivity index (χ2n) is 9.29. The number of phenols is 1. The van der Waals surface area contributed by atoms with E-state index in [2.05, 4.69) is 19.9 Å². The molecule has 1 aromatic carbocycles. The zero-order valence-corrected chi connectivity index (χ0v) is 17.4. The number of benzene rings is 1. The van der Waals surface area contributed by atoms with Gasteiger partial charge in [0.15, 0.2) is 0 Å². The highest BCUT2D eigenvalue weighted by Gasteiger charge is 2.54. The fourth-order valence-corrected chi connectivity index (χ4v) is 6.07. The van der Waals surface area contributed by atoms with Crippen molar-refractivity contribution < 1.29 is 20.1 Å². The van der Waals surface area contributed by atoms with Gasteiger partial charge in [0.1, 0.15) is 5.75 Å². The molecule has 4 nitrogen and oxygen atoms in total. The average Bonchev–Trinajstić information content (AvgIpc) is 2.97. The van der Waals surface area contributed by atoms with Gasteiger partial charge in [-0.3, -0.25) is 4.79 Å². The molecule has 0 aliphatic heterocycles. The van der Waals surface area contributed by atoms with Crippen LogP contribution in [0.25, 0.3) is 0 Å². The Morgan fingerprint density at radius 2 is 1.96 bits per heavy atom. The fraction of sp³-hybridized carbons (Fsp3) is 0.708. The van der Waals surface area contributed by atoms with Crippen molar-refractivity contribution in [1.29, 1.82) is 0 Å². The summed E-state index contributed by atoms with van der Waals surface area (Å²) in [5, 5.41) is 28.2. The maximum atomic E-state index is 10.4. The molecule has 0 bridgehead atoms. The van der Waals surface area contributed by atoms with Crippen molar-refractivity contribution >= 4 is 5.97 Å². The van der Waals surface area contributed by atoms with Gasteiger partial charge >= 0.3 is 5.97 Å². The Kier molecular flexibility index (Phi) is 6.69. The number of aryl methyl sites for hydroxylation is 1. The number of carbonyl (C=O) groups is 1. The molecule has 0 amide bonds. The topological polar surface area (TPSA) is 77.8 Å². The first-order valence-electron chi connectivity index (χ1n) is 11.1. The molecule has 2 saturated carbocycles. The molecule has 3 N–H and O–H groups in total. The summed E-state index contributed by atoms with van der Waals surface area (Å²) in [6.07, 6.45) is 10.1. The predicted octanol–water partition coefficient (Wildman–Crippen LogP) is 5.26. The van der Waals surface area contributed by atoms with Gasteiger partial charge in [-0.25, -0.2) is 0 Å². The van der Waals surface area contributed by atoms with Crippen molar-refractivity contribution in [2.45, 2.75) is 90.1 Å². The van der Waals surface area contributed by atoms with Crippen LogP contribution in [0.1, 0.15) is 88.7 Å². The van der Waals surface area contributed by atoms with Crippen molar-refractivity contribution in [3.8, 4) is 5.75 Å². The molecular formula is C24H36O4. The molecule has 156 valence electrons. The quantitative estimate of drug-likeness (QED) is 0.615. The van der Waals surface area contributed by atoms with Gasteiger partial charge in [-0.05, 0) is 91.4 Å². The van der Waals surface area contributed by atoms with Crippen molar-refractivity contribution in [2.24, 2.45) is 17.3 Å². The molecule has 5 atom stereocenters. The normalized spacial score (nSPS) is 33.1. The molecule has 0 unspecified atom stereocenters. The Hall–Kier alpha value is -1.55. The zero-order chi connectivity index (χ0) is 20.3. The summed E-state index contributed by atoms with van der Waals surface area (Å²) in [6.45, 7) is 4.37. The highest BCUT2D eigenvalue weighted by molar-refractivity contribution is 5.66. The van der Waals surface area contributed by atoms with Gasteiger partial charge in [-0.1, -0.05) is 32.8 Å². The van der Waals surface area contributed by atoms with Crippen LogP contribution in [0, 0.1) is 17.3 Å². The Morgan fingerprint density at radius 3 is 2.68 bits per heavy atom. The minimum atomic E-state index is -0.682. The van der Waals surface area contributed by atoms with Crippen LogP contribution in [0.4, 0.5) is 0 Å². The summed E-state index contributed by atoms with van der Waals surface area (Å²) in [5.41, 5.74) is 2.99. The molecule has 28 heavy (non-hydrogen) atoms. The van der Waals surface area contributed by atoms with Crippen LogP contribution in [0.15, 0.2) is 18.2 Å². The van der Waals surface area contributed by atoms with E-state index < -0.39 is 5.97 Å². The number of aliphatic carboxylic acids is 1. The monoisotopic (exact) mass is 388 g/mol. The molecule has 4 rings (SSSR count). The Morgan fingerprint density at radius 1 is 1.18 bits per heavy atom. The fourth-order valence-electron chi connectivity index (χ4n) is 6.07. The highest BCUT2D eigenvalue weighted by Crippen LogP contribution is 2.60. The number of carboxylic acids is 1. The lowest BCUT2D eigenvalue weighted by atomic mass is 9.55. The molecule has 0 radical (unpaired) electrons. The van der Waals surface area contributed by atoms with Crippen LogP contribution in [-0.4, -0.2) is 27.4 Å². The molecule has 0 saturated heterocycles. The van der Waals surface area contributed by atoms with E-state index in [9.17, 15) is 15.0 Å². The van der Waals surface area contributed by atoms with Crippen LogP contribution < -0.4 is 0 Å². The maximum Gasteiger partial charge on any atom is 0.303 e. The molecular weight excluding hydrogens is 352 g/mol. The van der Waals surface area contributed by atoms with E-state index in [1.807, 2.05) is 12.1 Å². The smallest absolute Gasteiger partial charge is 0.303 e. The van der Waals surface area contributed by atoms with E-state index in [1.165, 1.54) is 30.4 Å². The second kappa shape index (κ2) is 8.86. The van der Waals surface area contributed by atoms with Crippen LogP contribution in [-0.2, 0) is 11.2 Å². The van der Waals surface area contributed by atoms with Crippen LogP contribution >= 0.6 is 0 Å². The molecule has 3 aliphatic rings. The lowest BCUT2D eigenvalue weighted by Crippen LogP contribution is -2.43. The van der Waals surface area contributed by atoms with E-state index in [1.54, 1.807) is 0 Å².